The smallest absolute Gasteiger partial charge is 0.434 e. The number of ether oxygens (including phenoxy) is 1. The Kier molecular flexibility index (Phi) is 5.65. The molecule has 3 rings (SSSR count). The summed E-state index contributed by atoms with van der Waals surface area (Å²) >= 11 is 3.22. The summed E-state index contributed by atoms with van der Waals surface area (Å²) in [5.74, 6) is -1.10. The van der Waals surface area contributed by atoms with Crippen LogP contribution in [0, 0.1) is 6.92 Å². The third kappa shape index (κ3) is 3.98. The van der Waals surface area contributed by atoms with Gasteiger partial charge in [-0.05, 0) is 65.7 Å². The van der Waals surface area contributed by atoms with Crippen molar-refractivity contribution in [3.05, 3.63) is 74.4 Å². The molecule has 0 fully saturated rings. The van der Waals surface area contributed by atoms with Crippen molar-refractivity contribution in [3.63, 3.8) is 0 Å². The van der Waals surface area contributed by atoms with Crippen molar-refractivity contribution in [3.8, 4) is 11.4 Å². The minimum atomic E-state index is -4.82. The molecule has 0 aliphatic heterocycles. The quantitative estimate of drug-likeness (QED) is 0.534. The summed E-state index contributed by atoms with van der Waals surface area (Å²) in [7, 11) is 0. The lowest BCUT2D eigenvalue weighted by Crippen LogP contribution is -2.20. The normalized spacial score (nSPS) is 11.5. The Balaban J connectivity index is 2.06. The minimum Gasteiger partial charge on any atom is -0.462 e. The summed E-state index contributed by atoms with van der Waals surface area (Å²) in [5.41, 5.74) is -0.874. The predicted octanol–water partition coefficient (Wildman–Crippen LogP) is 4.29. The summed E-state index contributed by atoms with van der Waals surface area (Å²) in [4.78, 5) is 24.2. The van der Waals surface area contributed by atoms with Gasteiger partial charge in [0.15, 0.2) is 5.69 Å². The van der Waals surface area contributed by atoms with E-state index in [-0.39, 0.29) is 17.9 Å². The minimum absolute atomic E-state index is 0.0587. The second-order valence-electron chi connectivity index (χ2n) is 6.04. The Morgan fingerprint density at radius 2 is 1.79 bits per heavy atom. The molecule has 10 heteroatoms. The van der Waals surface area contributed by atoms with Crippen LogP contribution in [0.25, 0.3) is 11.4 Å². The number of rotatable bonds is 4. The first-order valence-corrected chi connectivity index (χ1v) is 9.25. The molecule has 0 N–H and O–H groups in total. The maximum Gasteiger partial charge on any atom is 0.434 e. The first-order valence-electron chi connectivity index (χ1n) is 8.46. The highest BCUT2D eigenvalue weighted by molar-refractivity contribution is 9.10. The zero-order valence-corrected chi connectivity index (χ0v) is 16.9. The van der Waals surface area contributed by atoms with Gasteiger partial charge < -0.3 is 4.74 Å². The molecule has 0 aliphatic carbocycles. The van der Waals surface area contributed by atoms with Crippen molar-refractivity contribution >= 4 is 21.9 Å². The summed E-state index contributed by atoms with van der Waals surface area (Å²) in [6, 6.07) is 7.48. The van der Waals surface area contributed by atoms with Gasteiger partial charge in [-0.2, -0.15) is 18.3 Å². The lowest BCUT2D eigenvalue weighted by molar-refractivity contribution is -0.143. The summed E-state index contributed by atoms with van der Waals surface area (Å²) in [6.45, 7) is 3.22. The van der Waals surface area contributed by atoms with E-state index in [0.717, 1.165) is 11.8 Å². The lowest BCUT2D eigenvalue weighted by Gasteiger charge is -2.13. The first kappa shape index (κ1) is 20.8. The molecule has 2 aromatic heterocycles. The van der Waals surface area contributed by atoms with Gasteiger partial charge in [0, 0.05) is 11.9 Å². The van der Waals surface area contributed by atoms with E-state index >= 15 is 0 Å². The molecular weight excluding hydrogens is 455 g/mol. The average Bonchev–Trinajstić information content (AvgIpc) is 3.12. The van der Waals surface area contributed by atoms with Crippen molar-refractivity contribution < 1.29 is 22.7 Å². The Hall–Kier alpha value is -2.88. The van der Waals surface area contributed by atoms with Crippen molar-refractivity contribution in [2.24, 2.45) is 0 Å². The zero-order valence-electron chi connectivity index (χ0n) is 15.3. The van der Waals surface area contributed by atoms with Crippen LogP contribution in [-0.2, 0) is 10.9 Å². The third-order valence-corrected chi connectivity index (χ3v) is 5.10. The molecule has 0 aliphatic rings. The topological polar surface area (TPSA) is 66.1 Å². The van der Waals surface area contributed by atoms with Crippen molar-refractivity contribution in [1.82, 2.24) is 14.3 Å². The summed E-state index contributed by atoms with van der Waals surface area (Å²) < 4.78 is 47.8. The third-order valence-electron chi connectivity index (χ3n) is 4.13. The number of carbonyl (C=O) groups is 1. The summed E-state index contributed by atoms with van der Waals surface area (Å²) in [6.07, 6.45) is -2.42. The average molecular weight is 470 g/mol. The van der Waals surface area contributed by atoms with E-state index in [4.69, 9.17) is 0 Å². The number of benzene rings is 1. The van der Waals surface area contributed by atoms with Crippen LogP contribution in [0.2, 0.25) is 0 Å². The Morgan fingerprint density at radius 3 is 2.38 bits per heavy atom. The highest BCUT2D eigenvalue weighted by Crippen LogP contribution is 2.34. The lowest BCUT2D eigenvalue weighted by atomic mass is 10.2. The van der Waals surface area contributed by atoms with Crippen molar-refractivity contribution in [2.45, 2.75) is 20.0 Å². The molecule has 6 nitrogen and oxygen atoms in total. The fourth-order valence-corrected chi connectivity index (χ4v) is 3.06. The van der Waals surface area contributed by atoms with Gasteiger partial charge in [0.2, 0.25) is 0 Å². The standard InChI is InChI=1S/C19H15BrF3N3O3/c1-3-29-18(28)14-10-24-26(16(14)19(21,22)23)13-6-4-12(5-7-13)25-9-8-11(2)15(20)17(25)27/h4-10H,3H2,1-2H3. The van der Waals surface area contributed by atoms with Crippen molar-refractivity contribution in [2.75, 3.05) is 6.61 Å². The Labute approximate surface area is 171 Å². The van der Waals surface area contributed by atoms with Crippen LogP contribution >= 0.6 is 15.9 Å². The fourth-order valence-electron chi connectivity index (χ4n) is 2.73. The predicted molar refractivity (Wildman–Crippen MR) is 103 cm³/mol. The number of pyridine rings is 1. The van der Waals surface area contributed by atoms with E-state index in [2.05, 4.69) is 25.8 Å². The maximum atomic E-state index is 13.6. The second-order valence-corrected chi connectivity index (χ2v) is 6.83. The van der Waals surface area contributed by atoms with Gasteiger partial charge in [-0.3, -0.25) is 9.36 Å². The van der Waals surface area contributed by atoms with Crippen LogP contribution in [-0.4, -0.2) is 26.9 Å². The number of hydrogen-bond donors (Lipinski definition) is 0. The van der Waals surface area contributed by atoms with E-state index < -0.39 is 23.4 Å². The molecule has 0 radical (unpaired) electrons. The Morgan fingerprint density at radius 1 is 1.17 bits per heavy atom. The number of aryl methyl sites for hydroxylation is 1. The highest BCUT2D eigenvalue weighted by Gasteiger charge is 2.41. The van der Waals surface area contributed by atoms with E-state index in [9.17, 15) is 22.8 Å². The molecule has 152 valence electrons. The fraction of sp³-hybridized carbons (Fsp3) is 0.211. The van der Waals surface area contributed by atoms with E-state index in [1.807, 2.05) is 0 Å². The maximum absolute atomic E-state index is 13.6. The molecule has 0 saturated heterocycles. The summed E-state index contributed by atoms with van der Waals surface area (Å²) in [5, 5.41) is 3.72. The molecule has 29 heavy (non-hydrogen) atoms. The van der Waals surface area contributed by atoms with Crippen LogP contribution < -0.4 is 5.56 Å². The number of halogens is 4. The van der Waals surface area contributed by atoms with Gasteiger partial charge in [0.1, 0.15) is 5.56 Å². The van der Waals surface area contributed by atoms with Gasteiger partial charge in [-0.25, -0.2) is 9.48 Å². The number of nitrogens with zero attached hydrogens (tertiary/aromatic N) is 3. The van der Waals surface area contributed by atoms with Crippen LogP contribution in [0.5, 0.6) is 0 Å². The van der Waals surface area contributed by atoms with Gasteiger partial charge >= 0.3 is 12.1 Å². The van der Waals surface area contributed by atoms with Gasteiger partial charge in [-0.15, -0.1) is 0 Å². The second kappa shape index (κ2) is 7.86. The first-order chi connectivity index (χ1) is 13.6. The zero-order chi connectivity index (χ0) is 21.3. The molecule has 0 amide bonds. The molecule has 0 unspecified atom stereocenters. The highest BCUT2D eigenvalue weighted by atomic mass is 79.9. The molecular formula is C19H15BrF3N3O3. The number of hydrogen-bond acceptors (Lipinski definition) is 4. The molecule has 2 heterocycles. The Bertz CT molecular complexity index is 1120. The largest absolute Gasteiger partial charge is 0.462 e. The molecule has 1 aromatic carbocycles. The van der Waals surface area contributed by atoms with Gasteiger partial charge in [0.25, 0.3) is 5.56 Å². The molecule has 0 spiro atoms. The van der Waals surface area contributed by atoms with E-state index in [1.54, 1.807) is 19.2 Å². The number of aromatic nitrogens is 3. The monoisotopic (exact) mass is 469 g/mol. The van der Waals surface area contributed by atoms with E-state index in [1.165, 1.54) is 35.8 Å². The molecule has 0 saturated carbocycles. The van der Waals surface area contributed by atoms with Crippen LogP contribution in [0.15, 0.2) is 52.0 Å². The van der Waals surface area contributed by atoms with E-state index in [0.29, 0.717) is 14.8 Å². The SMILES string of the molecule is CCOC(=O)c1cnn(-c2ccc(-n3ccc(C)c(Br)c3=O)cc2)c1C(F)(F)F. The van der Waals surface area contributed by atoms with Gasteiger partial charge in [-0.1, -0.05) is 0 Å². The molecule has 0 bridgehead atoms. The number of carbonyl (C=O) groups excluding carboxylic acids is 1. The molecule has 0 atom stereocenters. The number of esters is 1. The molecule has 3 aromatic rings. The van der Waals surface area contributed by atoms with Crippen molar-refractivity contribution in [1.29, 1.82) is 0 Å². The van der Waals surface area contributed by atoms with Crippen LogP contribution in [0.4, 0.5) is 13.2 Å². The number of alkyl halides is 3. The van der Waals surface area contributed by atoms with Crippen LogP contribution in [0.1, 0.15) is 28.5 Å². The van der Waals surface area contributed by atoms with Crippen LogP contribution in [0.3, 0.4) is 0 Å². The van der Waals surface area contributed by atoms with Gasteiger partial charge in [0.05, 0.1) is 23.0 Å².